The Morgan fingerprint density at radius 1 is 0.722 bits per heavy atom. The Balaban J connectivity index is 2.71. The van der Waals surface area contributed by atoms with Crippen molar-refractivity contribution in [3.05, 3.63) is 44.3 Å². The van der Waals surface area contributed by atoms with Crippen molar-refractivity contribution in [3.63, 3.8) is 0 Å². The lowest BCUT2D eigenvalue weighted by atomic mass is 10.0. The number of rotatable bonds is 1. The van der Waals surface area contributed by atoms with Gasteiger partial charge in [0.05, 0.1) is 8.95 Å². The number of aryl methyl sites for hydroxylation is 2. The van der Waals surface area contributed by atoms with Gasteiger partial charge in [-0.05, 0) is 56.8 Å². The van der Waals surface area contributed by atoms with E-state index in [9.17, 15) is 10.2 Å². The molecule has 0 unspecified atom stereocenters. The van der Waals surface area contributed by atoms with Crippen molar-refractivity contribution in [2.24, 2.45) is 0 Å². The summed E-state index contributed by atoms with van der Waals surface area (Å²) in [4.78, 5) is 0. The molecule has 0 aliphatic carbocycles. The molecule has 0 spiro atoms. The second-order valence-electron chi connectivity index (χ2n) is 4.19. The molecular weight excluding hydrogens is 360 g/mol. The third kappa shape index (κ3) is 2.15. The summed E-state index contributed by atoms with van der Waals surface area (Å²) in [5.74, 6) is 0.280. The molecule has 0 aliphatic rings. The van der Waals surface area contributed by atoms with E-state index in [2.05, 4.69) is 31.9 Å². The van der Waals surface area contributed by atoms with E-state index in [0.29, 0.717) is 20.1 Å². The highest BCUT2D eigenvalue weighted by Crippen LogP contribution is 2.43. The molecule has 4 heteroatoms. The molecule has 0 saturated carbocycles. The van der Waals surface area contributed by atoms with Crippen molar-refractivity contribution in [3.8, 4) is 22.6 Å². The van der Waals surface area contributed by atoms with Crippen LogP contribution in [0.15, 0.2) is 33.2 Å². The number of halogens is 2. The molecule has 2 aromatic carbocycles. The molecule has 2 rings (SSSR count). The number of phenolic OH excluding ortho intramolecular Hbond substituents is 2. The van der Waals surface area contributed by atoms with E-state index >= 15 is 0 Å². The Labute approximate surface area is 123 Å². The smallest absolute Gasteiger partial charge is 0.137 e. The molecule has 0 heterocycles. The largest absolute Gasteiger partial charge is 0.506 e. The van der Waals surface area contributed by atoms with E-state index < -0.39 is 0 Å². The molecule has 0 saturated heterocycles. The average Bonchev–Trinajstić information content (AvgIpc) is 2.35. The Morgan fingerprint density at radius 2 is 1.06 bits per heavy atom. The van der Waals surface area contributed by atoms with Crippen molar-refractivity contribution < 1.29 is 10.2 Å². The average molecular weight is 372 g/mol. The highest BCUT2D eigenvalue weighted by molar-refractivity contribution is 9.11. The molecular formula is C14H12Br2O2. The van der Waals surface area contributed by atoms with Crippen molar-refractivity contribution in [1.82, 2.24) is 0 Å². The Morgan fingerprint density at radius 3 is 1.39 bits per heavy atom. The summed E-state index contributed by atoms with van der Waals surface area (Å²) in [6, 6.07) is 7.39. The first kappa shape index (κ1) is 13.4. The third-order valence-corrected chi connectivity index (χ3v) is 4.91. The lowest BCUT2D eigenvalue weighted by molar-refractivity contribution is 0.465. The van der Waals surface area contributed by atoms with Crippen molar-refractivity contribution in [2.75, 3.05) is 0 Å². The molecule has 2 N–H and O–H groups in total. The molecule has 0 atom stereocenters. The van der Waals surface area contributed by atoms with Gasteiger partial charge in [0.1, 0.15) is 11.5 Å². The maximum atomic E-state index is 10.1. The fraction of sp³-hybridized carbons (Fsp3) is 0.143. The van der Waals surface area contributed by atoms with Crippen LogP contribution in [0.5, 0.6) is 11.5 Å². The summed E-state index contributed by atoms with van der Waals surface area (Å²) >= 11 is 6.68. The van der Waals surface area contributed by atoms with Gasteiger partial charge in [-0.15, -0.1) is 0 Å². The molecule has 0 aromatic heterocycles. The first-order valence-corrected chi connectivity index (χ1v) is 6.98. The van der Waals surface area contributed by atoms with Gasteiger partial charge in [0.25, 0.3) is 0 Å². The number of phenols is 2. The Bertz CT molecular complexity index is 566. The fourth-order valence-corrected chi connectivity index (χ4v) is 2.46. The van der Waals surface area contributed by atoms with Crippen molar-refractivity contribution in [1.29, 1.82) is 0 Å². The molecule has 0 aliphatic heterocycles. The van der Waals surface area contributed by atoms with Gasteiger partial charge >= 0.3 is 0 Å². The summed E-state index contributed by atoms with van der Waals surface area (Å²) in [6.45, 7) is 3.80. The molecule has 2 aromatic rings. The van der Waals surface area contributed by atoms with Gasteiger partial charge in [-0.1, -0.05) is 24.3 Å². The standard InChI is InChI=1S/C14H12Br2O2/c1-7-3-5-9(13(17)11(7)15)10-6-4-8(2)12(16)14(10)18/h3-6,17-18H,1-2H3. The summed E-state index contributed by atoms with van der Waals surface area (Å²) in [6.07, 6.45) is 0. The van der Waals surface area contributed by atoms with Gasteiger partial charge in [0.2, 0.25) is 0 Å². The van der Waals surface area contributed by atoms with Crippen LogP contribution in [0.25, 0.3) is 11.1 Å². The lowest BCUT2D eigenvalue weighted by Gasteiger charge is -2.12. The highest BCUT2D eigenvalue weighted by Gasteiger charge is 2.15. The predicted molar refractivity (Wildman–Crippen MR) is 80.1 cm³/mol. The first-order valence-electron chi connectivity index (χ1n) is 5.40. The van der Waals surface area contributed by atoms with Crippen LogP contribution in [0.3, 0.4) is 0 Å². The normalized spacial score (nSPS) is 10.7. The summed E-state index contributed by atoms with van der Waals surface area (Å²) in [5, 5.41) is 20.3. The van der Waals surface area contributed by atoms with E-state index in [4.69, 9.17) is 0 Å². The number of aromatic hydroxyl groups is 2. The zero-order chi connectivity index (χ0) is 13.4. The van der Waals surface area contributed by atoms with Crippen LogP contribution in [-0.2, 0) is 0 Å². The second kappa shape index (κ2) is 4.94. The predicted octanol–water partition coefficient (Wildman–Crippen LogP) is 4.91. The minimum Gasteiger partial charge on any atom is -0.506 e. The van der Waals surface area contributed by atoms with Crippen molar-refractivity contribution >= 4 is 31.9 Å². The van der Waals surface area contributed by atoms with Crippen LogP contribution >= 0.6 is 31.9 Å². The Kier molecular flexibility index (Phi) is 3.69. The topological polar surface area (TPSA) is 40.5 Å². The third-order valence-electron chi connectivity index (χ3n) is 2.91. The molecule has 0 bridgehead atoms. The number of hydrogen-bond donors (Lipinski definition) is 2. The van der Waals surface area contributed by atoms with E-state index in [1.54, 1.807) is 12.1 Å². The summed E-state index contributed by atoms with van der Waals surface area (Å²) in [7, 11) is 0. The van der Waals surface area contributed by atoms with E-state index in [1.807, 2.05) is 26.0 Å². The number of benzene rings is 2. The maximum Gasteiger partial charge on any atom is 0.137 e. The fourth-order valence-electron chi connectivity index (χ4n) is 1.77. The highest BCUT2D eigenvalue weighted by atomic mass is 79.9. The van der Waals surface area contributed by atoms with E-state index in [-0.39, 0.29) is 11.5 Å². The van der Waals surface area contributed by atoms with Gasteiger partial charge in [0.15, 0.2) is 0 Å². The maximum absolute atomic E-state index is 10.1. The van der Waals surface area contributed by atoms with Gasteiger partial charge in [0, 0.05) is 11.1 Å². The molecule has 94 valence electrons. The molecule has 0 amide bonds. The van der Waals surface area contributed by atoms with Crippen LogP contribution in [-0.4, -0.2) is 10.2 Å². The van der Waals surface area contributed by atoms with Crippen LogP contribution in [0.1, 0.15) is 11.1 Å². The van der Waals surface area contributed by atoms with Gasteiger partial charge < -0.3 is 10.2 Å². The van der Waals surface area contributed by atoms with E-state index in [0.717, 1.165) is 11.1 Å². The molecule has 0 fully saturated rings. The SMILES string of the molecule is Cc1ccc(-c2ccc(C)c(Br)c2O)c(O)c1Br. The zero-order valence-corrected chi connectivity index (χ0v) is 13.1. The molecule has 18 heavy (non-hydrogen) atoms. The monoisotopic (exact) mass is 370 g/mol. The summed E-state index contributed by atoms with van der Waals surface area (Å²) in [5.41, 5.74) is 3.10. The summed E-state index contributed by atoms with van der Waals surface area (Å²) < 4.78 is 1.30. The van der Waals surface area contributed by atoms with Crippen LogP contribution < -0.4 is 0 Å². The van der Waals surface area contributed by atoms with Gasteiger partial charge in [-0.25, -0.2) is 0 Å². The van der Waals surface area contributed by atoms with Gasteiger partial charge in [-0.2, -0.15) is 0 Å². The number of hydrogen-bond acceptors (Lipinski definition) is 2. The van der Waals surface area contributed by atoms with Crippen LogP contribution in [0.4, 0.5) is 0 Å². The van der Waals surface area contributed by atoms with Gasteiger partial charge in [-0.3, -0.25) is 0 Å². The quantitative estimate of drug-likeness (QED) is 0.747. The second-order valence-corrected chi connectivity index (χ2v) is 5.77. The zero-order valence-electron chi connectivity index (χ0n) is 9.96. The molecule has 2 nitrogen and oxygen atoms in total. The van der Waals surface area contributed by atoms with Crippen molar-refractivity contribution in [2.45, 2.75) is 13.8 Å². The van der Waals surface area contributed by atoms with Crippen LogP contribution in [0, 0.1) is 13.8 Å². The first-order chi connectivity index (χ1) is 8.43. The van der Waals surface area contributed by atoms with Crippen LogP contribution in [0.2, 0.25) is 0 Å². The van der Waals surface area contributed by atoms with E-state index in [1.165, 1.54) is 0 Å². The Hall–Kier alpha value is -1.00. The minimum atomic E-state index is 0.140. The minimum absolute atomic E-state index is 0.140. The lowest BCUT2D eigenvalue weighted by Crippen LogP contribution is -1.86. The molecule has 0 radical (unpaired) electrons.